The molecule has 2 heterocycles. The third-order valence-corrected chi connectivity index (χ3v) is 5.51. The summed E-state index contributed by atoms with van der Waals surface area (Å²) in [7, 11) is 0. The van der Waals surface area contributed by atoms with Crippen LogP contribution in [0.2, 0.25) is 10.0 Å². The van der Waals surface area contributed by atoms with Crippen LogP contribution in [0, 0.1) is 5.82 Å². The van der Waals surface area contributed by atoms with Crippen molar-refractivity contribution in [3.63, 3.8) is 0 Å². The van der Waals surface area contributed by atoms with Crippen LogP contribution in [0.25, 0.3) is 16.9 Å². The van der Waals surface area contributed by atoms with Crippen molar-refractivity contribution >= 4 is 40.8 Å². The van der Waals surface area contributed by atoms with Crippen molar-refractivity contribution in [1.82, 2.24) is 20.1 Å². The lowest BCUT2D eigenvalue weighted by atomic mass is 10.1. The van der Waals surface area contributed by atoms with Gasteiger partial charge in [-0.3, -0.25) is 14.6 Å². The number of halogens is 3. The van der Waals surface area contributed by atoms with E-state index in [0.29, 0.717) is 16.9 Å². The first-order valence-corrected chi connectivity index (χ1v) is 11.1. The molecule has 0 unspecified atom stereocenters. The number of para-hydroxylation sites is 1. The summed E-state index contributed by atoms with van der Waals surface area (Å²) in [5, 5.41) is 18.8. The van der Waals surface area contributed by atoms with E-state index in [9.17, 15) is 14.0 Å². The van der Waals surface area contributed by atoms with Crippen LogP contribution < -0.4 is 10.6 Å². The van der Waals surface area contributed by atoms with Gasteiger partial charge in [0.2, 0.25) is 0 Å². The number of pyridine rings is 1. The first kappa shape index (κ1) is 24.3. The summed E-state index contributed by atoms with van der Waals surface area (Å²) >= 11 is 12.6. The van der Waals surface area contributed by atoms with Gasteiger partial charge in [0, 0.05) is 18.2 Å². The zero-order valence-corrected chi connectivity index (χ0v) is 19.5. The van der Waals surface area contributed by atoms with E-state index in [1.54, 1.807) is 24.3 Å². The minimum atomic E-state index is -0.588. The summed E-state index contributed by atoms with van der Waals surface area (Å²) in [6.07, 6.45) is 1.04. The van der Waals surface area contributed by atoms with Crippen LogP contribution in [-0.4, -0.2) is 44.8 Å². The number of aromatic nitrogens is 3. The lowest BCUT2D eigenvalue weighted by Gasteiger charge is -2.12. The summed E-state index contributed by atoms with van der Waals surface area (Å²) < 4.78 is 14.7. The Morgan fingerprint density at radius 1 is 1.00 bits per heavy atom. The highest BCUT2D eigenvalue weighted by Gasteiger charge is 2.20. The van der Waals surface area contributed by atoms with Gasteiger partial charge in [0.05, 0.1) is 39.8 Å². The molecule has 4 aromatic rings. The van der Waals surface area contributed by atoms with Crippen molar-refractivity contribution in [2.75, 3.05) is 18.5 Å². The normalized spacial score (nSPS) is 10.7. The zero-order valence-electron chi connectivity index (χ0n) is 18.0. The van der Waals surface area contributed by atoms with Gasteiger partial charge in [0.1, 0.15) is 11.6 Å². The monoisotopic (exact) mass is 513 g/mol. The number of nitrogens with zero attached hydrogens (tertiary/aromatic N) is 3. The van der Waals surface area contributed by atoms with Gasteiger partial charge in [-0.05, 0) is 36.4 Å². The van der Waals surface area contributed by atoms with E-state index in [1.807, 2.05) is 6.07 Å². The lowest BCUT2D eigenvalue weighted by Crippen LogP contribution is -2.26. The molecule has 35 heavy (non-hydrogen) atoms. The van der Waals surface area contributed by atoms with E-state index in [4.69, 9.17) is 28.3 Å². The maximum absolute atomic E-state index is 13.3. The van der Waals surface area contributed by atoms with Crippen molar-refractivity contribution in [3.8, 4) is 16.9 Å². The first-order valence-electron chi connectivity index (χ1n) is 10.3. The Kier molecular flexibility index (Phi) is 7.40. The maximum Gasteiger partial charge on any atom is 0.271 e. The van der Waals surface area contributed by atoms with Crippen molar-refractivity contribution in [1.29, 1.82) is 0 Å². The molecule has 0 spiro atoms. The number of rotatable bonds is 7. The molecule has 178 valence electrons. The molecule has 0 bridgehead atoms. The van der Waals surface area contributed by atoms with E-state index >= 15 is 0 Å². The van der Waals surface area contributed by atoms with Crippen molar-refractivity contribution in [2.45, 2.75) is 0 Å². The largest absolute Gasteiger partial charge is 0.395 e. The SMILES string of the molecule is O=C(NCCO)c1cc(NC(=O)c2cc(-c3ccc(F)cn3)c(Cl)cc2Cl)n(-c2ccccc2)n1. The van der Waals surface area contributed by atoms with Gasteiger partial charge in [0.15, 0.2) is 5.69 Å². The fraction of sp³-hybridized carbons (Fsp3) is 0.0833. The molecule has 2 aromatic carbocycles. The molecule has 3 N–H and O–H groups in total. The van der Waals surface area contributed by atoms with E-state index < -0.39 is 17.6 Å². The molecule has 0 saturated carbocycles. The summed E-state index contributed by atoms with van der Waals surface area (Å²) in [6.45, 7) is -0.172. The molecule has 4 rings (SSSR count). The average molecular weight is 514 g/mol. The van der Waals surface area contributed by atoms with Crippen LogP contribution in [0.5, 0.6) is 0 Å². The number of nitrogens with one attached hydrogen (secondary N) is 2. The molecule has 0 radical (unpaired) electrons. The number of aliphatic hydroxyl groups is 1. The third-order valence-electron chi connectivity index (χ3n) is 4.89. The van der Waals surface area contributed by atoms with Gasteiger partial charge in [-0.1, -0.05) is 41.4 Å². The molecule has 0 aliphatic heterocycles. The number of anilines is 1. The minimum Gasteiger partial charge on any atom is -0.395 e. The molecular weight excluding hydrogens is 496 g/mol. The van der Waals surface area contributed by atoms with Crippen LogP contribution in [0.4, 0.5) is 10.2 Å². The van der Waals surface area contributed by atoms with E-state index in [-0.39, 0.29) is 40.3 Å². The molecule has 0 aliphatic carbocycles. The second kappa shape index (κ2) is 10.6. The predicted molar refractivity (Wildman–Crippen MR) is 131 cm³/mol. The average Bonchev–Trinajstić information content (AvgIpc) is 3.27. The Balaban J connectivity index is 1.70. The van der Waals surface area contributed by atoms with Crippen LogP contribution in [0.15, 0.2) is 66.9 Å². The van der Waals surface area contributed by atoms with E-state index in [0.717, 1.165) is 6.20 Å². The highest BCUT2D eigenvalue weighted by molar-refractivity contribution is 6.38. The van der Waals surface area contributed by atoms with Crippen molar-refractivity contribution in [2.24, 2.45) is 0 Å². The highest BCUT2D eigenvalue weighted by Crippen LogP contribution is 2.32. The molecule has 11 heteroatoms. The fourth-order valence-electron chi connectivity index (χ4n) is 3.25. The molecule has 0 aliphatic rings. The van der Waals surface area contributed by atoms with Crippen LogP contribution in [0.1, 0.15) is 20.8 Å². The second-order valence-corrected chi connectivity index (χ2v) is 8.08. The highest BCUT2D eigenvalue weighted by atomic mass is 35.5. The Morgan fingerprint density at radius 2 is 1.77 bits per heavy atom. The number of hydrogen-bond acceptors (Lipinski definition) is 5. The van der Waals surface area contributed by atoms with Crippen molar-refractivity contribution in [3.05, 3.63) is 94.0 Å². The third kappa shape index (κ3) is 5.48. The topological polar surface area (TPSA) is 109 Å². The molecule has 0 fully saturated rings. The second-order valence-electron chi connectivity index (χ2n) is 7.27. The number of carbonyl (C=O) groups excluding carboxylic acids is 2. The summed E-state index contributed by atoms with van der Waals surface area (Å²) in [6, 6.07) is 15.8. The predicted octanol–water partition coefficient (Wildman–Crippen LogP) is 4.35. The molecule has 2 aromatic heterocycles. The molecule has 8 nitrogen and oxygen atoms in total. The molecule has 0 atom stereocenters. The van der Waals surface area contributed by atoms with E-state index in [1.165, 1.54) is 35.0 Å². The number of carbonyl (C=O) groups is 2. The number of hydrogen-bond donors (Lipinski definition) is 3. The van der Waals surface area contributed by atoms with Gasteiger partial charge >= 0.3 is 0 Å². The standard InChI is InChI=1S/C24H18Cl2FN5O3/c25-18-11-19(26)17(10-16(18)20-7-6-14(27)13-29-20)23(34)30-22-12-21(24(35)28-8-9-33)31-32(22)15-4-2-1-3-5-15/h1-7,10-13,33H,8-9H2,(H,28,35)(H,30,34). The van der Waals surface area contributed by atoms with Crippen LogP contribution >= 0.6 is 23.2 Å². The Morgan fingerprint density at radius 3 is 2.46 bits per heavy atom. The fourth-order valence-corrected chi connectivity index (χ4v) is 3.81. The smallest absolute Gasteiger partial charge is 0.271 e. The number of benzene rings is 2. The van der Waals surface area contributed by atoms with Gasteiger partial charge in [-0.15, -0.1) is 0 Å². The van der Waals surface area contributed by atoms with E-state index in [2.05, 4.69) is 20.7 Å². The lowest BCUT2D eigenvalue weighted by molar-refractivity contribution is 0.0938. The zero-order chi connectivity index (χ0) is 24.9. The summed E-state index contributed by atoms with van der Waals surface area (Å²) in [5.74, 6) is -1.40. The summed E-state index contributed by atoms with van der Waals surface area (Å²) in [4.78, 5) is 29.6. The minimum absolute atomic E-state index is 0.0380. The summed E-state index contributed by atoms with van der Waals surface area (Å²) in [5.41, 5.74) is 1.48. The Labute approximate surface area is 209 Å². The molecular formula is C24H18Cl2FN5O3. The number of amides is 2. The Hall–Kier alpha value is -3.79. The van der Waals surface area contributed by atoms with Crippen molar-refractivity contribution < 1.29 is 19.1 Å². The van der Waals surface area contributed by atoms with Gasteiger partial charge in [-0.25, -0.2) is 9.07 Å². The van der Waals surface area contributed by atoms with Gasteiger partial charge < -0.3 is 15.7 Å². The Bertz CT molecular complexity index is 1380. The van der Waals surface area contributed by atoms with Crippen LogP contribution in [-0.2, 0) is 0 Å². The maximum atomic E-state index is 13.3. The number of aliphatic hydroxyl groups excluding tert-OH is 1. The van der Waals surface area contributed by atoms with Gasteiger partial charge in [-0.2, -0.15) is 5.10 Å². The molecule has 0 saturated heterocycles. The van der Waals surface area contributed by atoms with Crippen LogP contribution in [0.3, 0.4) is 0 Å². The molecule has 2 amide bonds. The van der Waals surface area contributed by atoms with Gasteiger partial charge in [0.25, 0.3) is 11.8 Å². The quantitative estimate of drug-likeness (QED) is 0.340. The first-order chi connectivity index (χ1) is 16.9.